The van der Waals surface area contributed by atoms with Crippen molar-refractivity contribution >= 4 is 11.6 Å². The molecular weight excluding hydrogens is 270 g/mol. The molecule has 0 saturated heterocycles. The van der Waals surface area contributed by atoms with Gasteiger partial charge in [-0.1, -0.05) is 0 Å². The molecule has 0 atom stereocenters. The Labute approximate surface area is 119 Å². The van der Waals surface area contributed by atoms with Gasteiger partial charge in [-0.15, -0.1) is 5.10 Å². The molecule has 3 rings (SSSR count). The fourth-order valence-corrected chi connectivity index (χ4v) is 1.87. The van der Waals surface area contributed by atoms with Crippen LogP contribution in [0.2, 0.25) is 0 Å². The summed E-state index contributed by atoms with van der Waals surface area (Å²) >= 11 is 0. The maximum atomic E-state index is 12.0. The molecule has 0 unspecified atom stereocenters. The highest BCUT2D eigenvalue weighted by atomic mass is 16.1. The summed E-state index contributed by atoms with van der Waals surface area (Å²) in [5.74, 6) is -0.308. The first-order valence-corrected chi connectivity index (χ1v) is 6.15. The Morgan fingerprint density at radius 1 is 1.29 bits per heavy atom. The molecule has 8 nitrogen and oxygen atoms in total. The highest BCUT2D eigenvalue weighted by molar-refractivity contribution is 6.02. The van der Waals surface area contributed by atoms with Crippen LogP contribution in [0.4, 0.5) is 5.69 Å². The van der Waals surface area contributed by atoms with Gasteiger partial charge in [0.25, 0.3) is 5.91 Å². The first kappa shape index (κ1) is 12.9. The van der Waals surface area contributed by atoms with Crippen molar-refractivity contribution in [1.29, 1.82) is 0 Å². The standard InChI is InChI=1S/C13H11N7O/c1-9-6-10(2-3-12(9)20-8-16-18-19-20)17-13(21)11-7-14-4-5-15-11/h2-8H,1H3,(H,17,21). The molecule has 0 aliphatic heterocycles. The van der Waals surface area contributed by atoms with Gasteiger partial charge in [-0.2, -0.15) is 0 Å². The number of nitrogens with one attached hydrogen (secondary N) is 1. The van der Waals surface area contributed by atoms with Crippen LogP contribution in [0.3, 0.4) is 0 Å². The third kappa shape index (κ3) is 2.73. The molecule has 0 saturated carbocycles. The predicted octanol–water partition coefficient (Wildman–Crippen LogP) is 1.01. The van der Waals surface area contributed by atoms with Crippen LogP contribution in [-0.4, -0.2) is 36.1 Å². The largest absolute Gasteiger partial charge is 0.321 e. The smallest absolute Gasteiger partial charge is 0.275 e. The molecule has 21 heavy (non-hydrogen) atoms. The van der Waals surface area contributed by atoms with Crippen LogP contribution in [-0.2, 0) is 0 Å². The normalized spacial score (nSPS) is 10.3. The molecule has 0 radical (unpaired) electrons. The number of carbonyl (C=O) groups excluding carboxylic acids is 1. The number of aromatic nitrogens is 6. The quantitative estimate of drug-likeness (QED) is 0.769. The highest BCUT2D eigenvalue weighted by Crippen LogP contribution is 2.18. The summed E-state index contributed by atoms with van der Waals surface area (Å²) in [4.78, 5) is 19.8. The second kappa shape index (κ2) is 5.45. The fraction of sp³-hybridized carbons (Fsp3) is 0.0769. The number of hydrogen-bond acceptors (Lipinski definition) is 6. The molecule has 2 heterocycles. The van der Waals surface area contributed by atoms with Crippen molar-refractivity contribution in [3.8, 4) is 5.69 Å². The van der Waals surface area contributed by atoms with Crippen LogP contribution in [0.5, 0.6) is 0 Å². The summed E-state index contributed by atoms with van der Waals surface area (Å²) in [6.07, 6.45) is 5.92. The van der Waals surface area contributed by atoms with E-state index in [2.05, 4.69) is 30.8 Å². The van der Waals surface area contributed by atoms with E-state index in [4.69, 9.17) is 0 Å². The maximum absolute atomic E-state index is 12.0. The Morgan fingerprint density at radius 2 is 2.19 bits per heavy atom. The average Bonchev–Trinajstić information content (AvgIpc) is 3.02. The minimum Gasteiger partial charge on any atom is -0.321 e. The van der Waals surface area contributed by atoms with E-state index >= 15 is 0 Å². The highest BCUT2D eigenvalue weighted by Gasteiger charge is 2.09. The number of nitrogens with zero attached hydrogens (tertiary/aromatic N) is 6. The third-order valence-electron chi connectivity index (χ3n) is 2.85. The van der Waals surface area contributed by atoms with Gasteiger partial charge in [-0.05, 0) is 41.1 Å². The molecular formula is C13H11N7O. The summed E-state index contributed by atoms with van der Waals surface area (Å²) in [5.41, 5.74) is 2.71. The number of aryl methyl sites for hydroxylation is 1. The Morgan fingerprint density at radius 3 is 2.86 bits per heavy atom. The van der Waals surface area contributed by atoms with E-state index in [9.17, 15) is 4.79 Å². The first-order valence-electron chi connectivity index (χ1n) is 6.15. The van der Waals surface area contributed by atoms with Gasteiger partial charge in [0.15, 0.2) is 0 Å². The molecule has 0 aliphatic rings. The molecule has 0 fully saturated rings. The van der Waals surface area contributed by atoms with Gasteiger partial charge in [0.2, 0.25) is 0 Å². The molecule has 0 spiro atoms. The van der Waals surface area contributed by atoms with Crippen molar-refractivity contribution in [2.45, 2.75) is 6.92 Å². The van der Waals surface area contributed by atoms with Crippen LogP contribution < -0.4 is 5.32 Å². The molecule has 3 aromatic rings. The van der Waals surface area contributed by atoms with E-state index in [-0.39, 0.29) is 11.6 Å². The van der Waals surface area contributed by atoms with Crippen molar-refractivity contribution < 1.29 is 4.79 Å². The molecule has 0 bridgehead atoms. The Hall–Kier alpha value is -3.16. The summed E-state index contributed by atoms with van der Waals surface area (Å²) in [6, 6.07) is 5.45. The van der Waals surface area contributed by atoms with E-state index in [1.807, 2.05) is 19.1 Å². The summed E-state index contributed by atoms with van der Waals surface area (Å²) in [7, 11) is 0. The molecule has 0 aliphatic carbocycles. The van der Waals surface area contributed by atoms with Crippen LogP contribution in [0.15, 0.2) is 43.1 Å². The lowest BCUT2D eigenvalue weighted by molar-refractivity contribution is 0.102. The van der Waals surface area contributed by atoms with Crippen LogP contribution in [0.25, 0.3) is 5.69 Å². The van der Waals surface area contributed by atoms with Crippen LogP contribution in [0.1, 0.15) is 16.1 Å². The molecule has 104 valence electrons. The zero-order valence-corrected chi connectivity index (χ0v) is 11.1. The Balaban J connectivity index is 1.81. The van der Waals surface area contributed by atoms with Gasteiger partial charge >= 0.3 is 0 Å². The molecule has 2 aromatic heterocycles. The number of anilines is 1. The average molecular weight is 281 g/mol. The number of hydrogen-bond donors (Lipinski definition) is 1. The SMILES string of the molecule is Cc1cc(NC(=O)c2cnccn2)ccc1-n1cnnn1. The lowest BCUT2D eigenvalue weighted by atomic mass is 10.1. The van der Waals surface area contributed by atoms with Gasteiger partial charge in [0.05, 0.1) is 11.9 Å². The number of carbonyl (C=O) groups is 1. The molecule has 1 aromatic carbocycles. The minimum absolute atomic E-state index is 0.264. The summed E-state index contributed by atoms with van der Waals surface area (Å²) < 4.78 is 1.56. The number of amides is 1. The van der Waals surface area contributed by atoms with Crippen molar-refractivity contribution in [2.75, 3.05) is 5.32 Å². The van der Waals surface area contributed by atoms with Gasteiger partial charge in [0, 0.05) is 18.1 Å². The monoisotopic (exact) mass is 281 g/mol. The van der Waals surface area contributed by atoms with Gasteiger partial charge in [-0.3, -0.25) is 9.78 Å². The zero-order chi connectivity index (χ0) is 14.7. The van der Waals surface area contributed by atoms with Crippen molar-refractivity contribution in [1.82, 2.24) is 30.2 Å². The fourth-order valence-electron chi connectivity index (χ4n) is 1.87. The Bertz CT molecular complexity index is 755. The van der Waals surface area contributed by atoms with Gasteiger partial charge in [-0.25, -0.2) is 9.67 Å². The first-order chi connectivity index (χ1) is 10.2. The molecule has 1 N–H and O–H groups in total. The van der Waals surface area contributed by atoms with Crippen LogP contribution >= 0.6 is 0 Å². The third-order valence-corrected chi connectivity index (χ3v) is 2.85. The lowest BCUT2D eigenvalue weighted by Gasteiger charge is -2.08. The van der Waals surface area contributed by atoms with Crippen molar-refractivity contribution in [3.63, 3.8) is 0 Å². The summed E-state index contributed by atoms with van der Waals surface area (Å²) in [5, 5.41) is 13.8. The van der Waals surface area contributed by atoms with Crippen LogP contribution in [0, 0.1) is 6.92 Å². The van der Waals surface area contributed by atoms with E-state index in [1.54, 1.807) is 10.7 Å². The number of tetrazole rings is 1. The number of benzene rings is 1. The second-order valence-corrected chi connectivity index (χ2v) is 4.30. The summed E-state index contributed by atoms with van der Waals surface area (Å²) in [6.45, 7) is 1.91. The van der Waals surface area contributed by atoms with E-state index < -0.39 is 0 Å². The van der Waals surface area contributed by atoms with E-state index in [1.165, 1.54) is 24.9 Å². The predicted molar refractivity (Wildman–Crippen MR) is 73.9 cm³/mol. The minimum atomic E-state index is -0.308. The van der Waals surface area contributed by atoms with Crippen molar-refractivity contribution in [3.05, 3.63) is 54.4 Å². The Kier molecular flexibility index (Phi) is 3.34. The van der Waals surface area contributed by atoms with Crippen molar-refractivity contribution in [2.24, 2.45) is 0 Å². The van der Waals surface area contributed by atoms with E-state index in [0.717, 1.165) is 11.3 Å². The van der Waals surface area contributed by atoms with Gasteiger partial charge in [0.1, 0.15) is 12.0 Å². The zero-order valence-electron chi connectivity index (χ0n) is 11.1. The van der Waals surface area contributed by atoms with E-state index in [0.29, 0.717) is 5.69 Å². The maximum Gasteiger partial charge on any atom is 0.275 e. The molecule has 8 heteroatoms. The topological polar surface area (TPSA) is 98.5 Å². The van der Waals surface area contributed by atoms with Gasteiger partial charge < -0.3 is 5.32 Å². The molecule has 1 amide bonds. The second-order valence-electron chi connectivity index (χ2n) is 4.30. The number of rotatable bonds is 3. The lowest BCUT2D eigenvalue weighted by Crippen LogP contribution is -2.14.